The van der Waals surface area contributed by atoms with Gasteiger partial charge in [0.05, 0.1) is 29.2 Å². The number of rotatable bonds is 2. The highest BCUT2D eigenvalue weighted by atomic mass is 16.6. The summed E-state index contributed by atoms with van der Waals surface area (Å²) in [6.07, 6.45) is 0. The average Bonchev–Trinajstić information content (AvgIpc) is 2.88. The second-order valence-corrected chi connectivity index (χ2v) is 5.50. The molecule has 0 radical (unpaired) electrons. The van der Waals surface area contributed by atoms with E-state index >= 15 is 0 Å². The SMILES string of the molecule is Cc1nc2cc3c(cc2n1Cc1ccccc1C#N)OCCO3. The van der Waals surface area contributed by atoms with Crippen LogP contribution >= 0.6 is 0 Å². The molecule has 2 aromatic carbocycles. The number of ether oxygens (including phenoxy) is 2. The summed E-state index contributed by atoms with van der Waals surface area (Å²) >= 11 is 0. The molecule has 0 N–H and O–H groups in total. The van der Waals surface area contributed by atoms with Crippen molar-refractivity contribution < 1.29 is 9.47 Å². The Balaban J connectivity index is 1.83. The molecule has 0 unspecified atom stereocenters. The summed E-state index contributed by atoms with van der Waals surface area (Å²) in [4.78, 5) is 4.62. The Labute approximate surface area is 133 Å². The van der Waals surface area contributed by atoms with Crippen molar-refractivity contribution in [3.8, 4) is 17.6 Å². The smallest absolute Gasteiger partial charge is 0.163 e. The number of aromatic nitrogens is 2. The lowest BCUT2D eigenvalue weighted by atomic mass is 10.1. The number of aryl methyl sites for hydroxylation is 1. The Morgan fingerprint density at radius 3 is 2.70 bits per heavy atom. The zero-order chi connectivity index (χ0) is 15.8. The topological polar surface area (TPSA) is 60.1 Å². The van der Waals surface area contributed by atoms with Gasteiger partial charge in [0.2, 0.25) is 0 Å². The van der Waals surface area contributed by atoms with E-state index in [0.717, 1.165) is 33.9 Å². The molecule has 114 valence electrons. The van der Waals surface area contributed by atoms with Crippen molar-refractivity contribution in [2.75, 3.05) is 13.2 Å². The van der Waals surface area contributed by atoms with Gasteiger partial charge in [0.15, 0.2) is 11.5 Å². The lowest BCUT2D eigenvalue weighted by Gasteiger charge is -2.18. The first-order valence-electron chi connectivity index (χ1n) is 7.51. The molecule has 0 amide bonds. The summed E-state index contributed by atoms with van der Waals surface area (Å²) in [6, 6.07) is 13.8. The van der Waals surface area contributed by atoms with Crippen LogP contribution < -0.4 is 9.47 Å². The summed E-state index contributed by atoms with van der Waals surface area (Å²) in [5.74, 6) is 2.39. The van der Waals surface area contributed by atoms with E-state index in [1.54, 1.807) is 0 Å². The van der Waals surface area contributed by atoms with E-state index < -0.39 is 0 Å². The van der Waals surface area contributed by atoms with Crippen LogP contribution in [0.2, 0.25) is 0 Å². The van der Waals surface area contributed by atoms with Crippen molar-refractivity contribution in [2.24, 2.45) is 0 Å². The van der Waals surface area contributed by atoms with E-state index in [1.165, 1.54) is 0 Å². The molecule has 5 nitrogen and oxygen atoms in total. The van der Waals surface area contributed by atoms with E-state index in [1.807, 2.05) is 43.3 Å². The molecular formula is C18H15N3O2. The van der Waals surface area contributed by atoms with Crippen molar-refractivity contribution >= 4 is 11.0 Å². The van der Waals surface area contributed by atoms with E-state index in [9.17, 15) is 5.26 Å². The minimum Gasteiger partial charge on any atom is -0.486 e. The molecule has 0 spiro atoms. The minimum atomic E-state index is 0.558. The molecule has 2 heterocycles. The summed E-state index contributed by atoms with van der Waals surface area (Å²) in [7, 11) is 0. The van der Waals surface area contributed by atoms with Crippen molar-refractivity contribution in [2.45, 2.75) is 13.5 Å². The number of imidazole rings is 1. The first-order valence-corrected chi connectivity index (χ1v) is 7.51. The Bertz CT molecular complexity index is 937. The van der Waals surface area contributed by atoms with E-state index in [4.69, 9.17) is 9.47 Å². The van der Waals surface area contributed by atoms with Crippen LogP contribution in [-0.4, -0.2) is 22.8 Å². The molecule has 0 aliphatic carbocycles. The predicted molar refractivity (Wildman–Crippen MR) is 85.7 cm³/mol. The predicted octanol–water partition coefficient (Wildman–Crippen LogP) is 3.04. The summed E-state index contributed by atoms with van der Waals surface area (Å²) in [5, 5.41) is 9.28. The Morgan fingerprint density at radius 2 is 1.91 bits per heavy atom. The van der Waals surface area contributed by atoms with Gasteiger partial charge in [-0.05, 0) is 18.6 Å². The molecule has 0 bridgehead atoms. The average molecular weight is 305 g/mol. The molecule has 0 atom stereocenters. The van der Waals surface area contributed by atoms with Gasteiger partial charge in [-0.3, -0.25) is 0 Å². The van der Waals surface area contributed by atoms with Crippen molar-refractivity contribution in [1.82, 2.24) is 9.55 Å². The number of hydrogen-bond acceptors (Lipinski definition) is 4. The zero-order valence-electron chi connectivity index (χ0n) is 12.7. The quantitative estimate of drug-likeness (QED) is 0.730. The van der Waals surface area contributed by atoms with Gasteiger partial charge in [-0.2, -0.15) is 5.26 Å². The van der Waals surface area contributed by atoms with Crippen LogP contribution in [0.3, 0.4) is 0 Å². The van der Waals surface area contributed by atoms with Gasteiger partial charge in [0.25, 0.3) is 0 Å². The fourth-order valence-electron chi connectivity index (χ4n) is 2.92. The molecule has 0 saturated carbocycles. The van der Waals surface area contributed by atoms with E-state index in [2.05, 4.69) is 15.6 Å². The minimum absolute atomic E-state index is 0.558. The van der Waals surface area contributed by atoms with E-state index in [0.29, 0.717) is 25.3 Å². The third-order valence-corrected chi connectivity index (χ3v) is 4.07. The molecule has 0 fully saturated rings. The maximum Gasteiger partial charge on any atom is 0.163 e. The molecule has 3 aromatic rings. The second kappa shape index (κ2) is 5.33. The van der Waals surface area contributed by atoms with Gasteiger partial charge in [-0.15, -0.1) is 0 Å². The highest BCUT2D eigenvalue weighted by molar-refractivity contribution is 5.81. The fraction of sp³-hybridized carbons (Fsp3) is 0.222. The molecule has 1 aliphatic heterocycles. The molecule has 23 heavy (non-hydrogen) atoms. The maximum absolute atomic E-state index is 9.28. The van der Waals surface area contributed by atoms with E-state index in [-0.39, 0.29) is 0 Å². The largest absolute Gasteiger partial charge is 0.486 e. The van der Waals surface area contributed by atoms with Crippen LogP contribution in [-0.2, 0) is 6.54 Å². The number of benzene rings is 2. The van der Waals surface area contributed by atoms with Gasteiger partial charge in [-0.1, -0.05) is 18.2 Å². The van der Waals surface area contributed by atoms with Crippen LogP contribution in [0.25, 0.3) is 11.0 Å². The van der Waals surface area contributed by atoms with Crippen molar-refractivity contribution in [3.63, 3.8) is 0 Å². The van der Waals surface area contributed by atoms with Gasteiger partial charge in [0.1, 0.15) is 19.0 Å². The third kappa shape index (κ3) is 2.29. The van der Waals surface area contributed by atoms with Crippen molar-refractivity contribution in [1.29, 1.82) is 5.26 Å². The Morgan fingerprint density at radius 1 is 1.17 bits per heavy atom. The number of fused-ring (bicyclic) bond motifs is 2. The molecule has 4 rings (SSSR count). The lowest BCUT2D eigenvalue weighted by Crippen LogP contribution is -2.15. The summed E-state index contributed by atoms with van der Waals surface area (Å²) in [6.45, 7) is 3.69. The Hall–Kier alpha value is -3.00. The lowest BCUT2D eigenvalue weighted by molar-refractivity contribution is 0.172. The second-order valence-electron chi connectivity index (χ2n) is 5.50. The van der Waals surface area contributed by atoms with Crippen molar-refractivity contribution in [3.05, 3.63) is 53.3 Å². The van der Waals surface area contributed by atoms with Crippen LogP contribution in [0.15, 0.2) is 36.4 Å². The third-order valence-electron chi connectivity index (χ3n) is 4.07. The monoisotopic (exact) mass is 305 g/mol. The molecule has 0 saturated heterocycles. The van der Waals surface area contributed by atoms with Crippen LogP contribution in [0.4, 0.5) is 0 Å². The fourth-order valence-corrected chi connectivity index (χ4v) is 2.92. The van der Waals surface area contributed by atoms with Crippen LogP contribution in [0.5, 0.6) is 11.5 Å². The molecular weight excluding hydrogens is 290 g/mol. The summed E-state index contributed by atoms with van der Waals surface area (Å²) in [5.41, 5.74) is 3.53. The van der Waals surface area contributed by atoms with Gasteiger partial charge in [-0.25, -0.2) is 4.98 Å². The van der Waals surface area contributed by atoms with Gasteiger partial charge >= 0.3 is 0 Å². The first kappa shape index (κ1) is 13.6. The molecule has 1 aromatic heterocycles. The van der Waals surface area contributed by atoms with Crippen LogP contribution in [0, 0.1) is 18.3 Å². The van der Waals surface area contributed by atoms with Gasteiger partial charge in [0, 0.05) is 12.1 Å². The number of hydrogen-bond donors (Lipinski definition) is 0. The van der Waals surface area contributed by atoms with Crippen LogP contribution in [0.1, 0.15) is 17.0 Å². The van der Waals surface area contributed by atoms with Gasteiger partial charge < -0.3 is 14.0 Å². The normalized spacial score (nSPS) is 13.0. The summed E-state index contributed by atoms with van der Waals surface area (Å²) < 4.78 is 13.4. The molecule has 1 aliphatic rings. The zero-order valence-corrected chi connectivity index (χ0v) is 12.7. The standard InChI is InChI=1S/C18H15N3O2/c1-12-20-15-8-17-18(23-7-6-22-17)9-16(15)21(12)11-14-5-3-2-4-13(14)10-19/h2-5,8-9H,6-7,11H2,1H3. The maximum atomic E-state index is 9.28. The first-order chi connectivity index (χ1) is 11.3. The highest BCUT2D eigenvalue weighted by Crippen LogP contribution is 2.35. The number of nitrogens with zero attached hydrogens (tertiary/aromatic N) is 3. The molecule has 5 heteroatoms. The highest BCUT2D eigenvalue weighted by Gasteiger charge is 2.17. The Kier molecular flexibility index (Phi) is 3.16. The number of nitriles is 1.